The summed E-state index contributed by atoms with van der Waals surface area (Å²) in [4.78, 5) is 16.9. The molecule has 0 saturated carbocycles. The number of nitrogens with zero attached hydrogens (tertiary/aromatic N) is 3. The third-order valence-corrected chi connectivity index (χ3v) is 5.82. The molecule has 98 valence electrons. The van der Waals surface area contributed by atoms with Crippen LogP contribution in [0.3, 0.4) is 0 Å². The Labute approximate surface area is 115 Å². The first-order chi connectivity index (χ1) is 9.31. The number of rotatable bonds is 2. The number of thioether (sulfide) groups is 1. The summed E-state index contributed by atoms with van der Waals surface area (Å²) in [5.41, 5.74) is 1.39. The summed E-state index contributed by atoms with van der Waals surface area (Å²) in [6.07, 6.45) is 8.00. The van der Waals surface area contributed by atoms with Crippen LogP contribution in [-0.2, 0) is 0 Å². The predicted octanol–water partition coefficient (Wildman–Crippen LogP) is 2.59. The molecule has 2 fully saturated rings. The fourth-order valence-corrected chi connectivity index (χ4v) is 5.05. The molecule has 0 amide bonds. The van der Waals surface area contributed by atoms with Crippen molar-refractivity contribution in [3.05, 3.63) is 30.2 Å². The number of fused-ring (bicyclic) bond motifs is 3. The van der Waals surface area contributed by atoms with Crippen LogP contribution in [0.1, 0.15) is 36.2 Å². The number of hydrogen-bond acceptors (Lipinski definition) is 4. The highest BCUT2D eigenvalue weighted by molar-refractivity contribution is 8.00. The van der Waals surface area contributed by atoms with E-state index in [1.165, 1.54) is 12.8 Å². The van der Waals surface area contributed by atoms with E-state index >= 15 is 0 Å². The van der Waals surface area contributed by atoms with Gasteiger partial charge >= 0.3 is 0 Å². The average molecular weight is 273 g/mol. The minimum atomic E-state index is 0.167. The van der Waals surface area contributed by atoms with Gasteiger partial charge in [0.15, 0.2) is 11.4 Å². The average Bonchev–Trinajstić information content (AvgIpc) is 3.01. The molecule has 2 saturated heterocycles. The summed E-state index contributed by atoms with van der Waals surface area (Å²) in [7, 11) is 0. The van der Waals surface area contributed by atoms with Gasteiger partial charge in [-0.3, -0.25) is 4.79 Å². The van der Waals surface area contributed by atoms with Crippen LogP contribution >= 0.6 is 11.8 Å². The van der Waals surface area contributed by atoms with Crippen LogP contribution in [0.2, 0.25) is 0 Å². The molecule has 4 rings (SSSR count). The molecule has 2 aromatic rings. The van der Waals surface area contributed by atoms with Crippen molar-refractivity contribution in [3.8, 4) is 0 Å². The second-order valence-electron chi connectivity index (χ2n) is 5.43. The lowest BCUT2D eigenvalue weighted by molar-refractivity contribution is 0.0899. The quantitative estimate of drug-likeness (QED) is 0.789. The lowest BCUT2D eigenvalue weighted by Gasteiger charge is -2.25. The maximum atomic E-state index is 12.7. The second kappa shape index (κ2) is 4.34. The molecule has 2 aliphatic heterocycles. The minimum absolute atomic E-state index is 0.167. The van der Waals surface area contributed by atoms with Crippen LogP contribution < -0.4 is 0 Å². The molecule has 2 unspecified atom stereocenters. The van der Waals surface area contributed by atoms with Gasteiger partial charge in [-0.15, -0.1) is 0 Å². The Bertz CT molecular complexity index is 626. The third kappa shape index (κ3) is 1.87. The number of aromatic nitrogens is 3. The monoisotopic (exact) mass is 273 g/mol. The van der Waals surface area contributed by atoms with Gasteiger partial charge in [0, 0.05) is 22.6 Å². The molecular weight excluding hydrogens is 258 g/mol. The molecule has 2 bridgehead atoms. The molecule has 0 N–H and O–H groups in total. The first-order valence-corrected chi connectivity index (χ1v) is 7.74. The lowest BCUT2D eigenvalue weighted by Crippen LogP contribution is -2.25. The van der Waals surface area contributed by atoms with Crippen molar-refractivity contribution in [3.63, 3.8) is 0 Å². The van der Waals surface area contributed by atoms with E-state index in [2.05, 4.69) is 21.8 Å². The summed E-state index contributed by atoms with van der Waals surface area (Å²) >= 11 is 2.08. The number of hydrogen-bond donors (Lipinski definition) is 0. The normalized spacial score (nSPS) is 29.8. The summed E-state index contributed by atoms with van der Waals surface area (Å²) in [5.74, 6) is 0.393. The largest absolute Gasteiger partial charge is 0.292 e. The first kappa shape index (κ1) is 11.5. The summed E-state index contributed by atoms with van der Waals surface area (Å²) in [6, 6.07) is 3.72. The third-order valence-electron chi connectivity index (χ3n) is 4.19. The SMILES string of the molecule is O=C(c1cnc2cccnn12)C1CC2CCC(C1)S2. The van der Waals surface area contributed by atoms with Gasteiger partial charge in [-0.05, 0) is 37.8 Å². The number of ketones is 1. The standard InChI is InChI=1S/C14H15N3OS/c18-14(9-6-10-3-4-11(7-9)19-10)12-8-15-13-2-1-5-16-17(12)13/h1-2,5,8-11H,3-4,6-7H2. The van der Waals surface area contributed by atoms with Gasteiger partial charge in [-0.1, -0.05) is 0 Å². The highest BCUT2D eigenvalue weighted by Crippen LogP contribution is 2.46. The fraction of sp³-hybridized carbons (Fsp3) is 0.500. The van der Waals surface area contributed by atoms with E-state index in [1.807, 2.05) is 12.1 Å². The molecular formula is C14H15N3OS. The van der Waals surface area contributed by atoms with Crippen molar-refractivity contribution >= 4 is 23.2 Å². The molecule has 4 heterocycles. The van der Waals surface area contributed by atoms with Crippen LogP contribution in [0, 0.1) is 5.92 Å². The molecule has 0 aromatic carbocycles. The summed E-state index contributed by atoms with van der Waals surface area (Å²) in [5, 5.41) is 5.63. The van der Waals surface area contributed by atoms with E-state index < -0.39 is 0 Å². The Hall–Kier alpha value is -1.36. The Kier molecular flexibility index (Phi) is 2.62. The molecule has 0 aliphatic carbocycles. The number of Topliss-reactive ketones (excluding diaryl/α,β-unsaturated/α-hetero) is 1. The number of carbonyl (C=O) groups is 1. The Morgan fingerprint density at radius 1 is 1.32 bits per heavy atom. The maximum Gasteiger partial charge on any atom is 0.186 e. The highest BCUT2D eigenvalue weighted by Gasteiger charge is 2.38. The topological polar surface area (TPSA) is 47.3 Å². The molecule has 2 aliphatic rings. The van der Waals surface area contributed by atoms with E-state index in [-0.39, 0.29) is 11.7 Å². The van der Waals surface area contributed by atoms with Gasteiger partial charge in [0.2, 0.25) is 0 Å². The van der Waals surface area contributed by atoms with Gasteiger partial charge in [0.1, 0.15) is 5.69 Å². The Morgan fingerprint density at radius 3 is 2.89 bits per heavy atom. The van der Waals surface area contributed by atoms with Crippen molar-refractivity contribution in [1.82, 2.24) is 14.6 Å². The molecule has 4 nitrogen and oxygen atoms in total. The van der Waals surface area contributed by atoms with Gasteiger partial charge in [0.25, 0.3) is 0 Å². The molecule has 2 atom stereocenters. The van der Waals surface area contributed by atoms with Crippen LogP contribution in [0.15, 0.2) is 24.5 Å². The zero-order valence-corrected chi connectivity index (χ0v) is 11.3. The number of carbonyl (C=O) groups excluding carboxylic acids is 1. The van der Waals surface area contributed by atoms with Crippen molar-refractivity contribution in [1.29, 1.82) is 0 Å². The summed E-state index contributed by atoms with van der Waals surface area (Å²) < 4.78 is 1.67. The van der Waals surface area contributed by atoms with Crippen LogP contribution in [0.25, 0.3) is 5.65 Å². The zero-order chi connectivity index (χ0) is 12.8. The fourth-order valence-electron chi connectivity index (χ4n) is 3.28. The first-order valence-electron chi connectivity index (χ1n) is 6.79. The zero-order valence-electron chi connectivity index (χ0n) is 10.5. The van der Waals surface area contributed by atoms with Crippen molar-refractivity contribution < 1.29 is 4.79 Å². The Balaban J connectivity index is 1.67. The maximum absolute atomic E-state index is 12.7. The lowest BCUT2D eigenvalue weighted by atomic mass is 9.93. The van der Waals surface area contributed by atoms with Crippen LogP contribution in [0.5, 0.6) is 0 Å². The molecule has 2 aromatic heterocycles. The van der Waals surface area contributed by atoms with Gasteiger partial charge in [0.05, 0.1) is 6.20 Å². The van der Waals surface area contributed by atoms with Gasteiger partial charge in [-0.25, -0.2) is 9.50 Å². The Morgan fingerprint density at radius 2 is 2.11 bits per heavy atom. The van der Waals surface area contributed by atoms with Gasteiger partial charge < -0.3 is 0 Å². The molecule has 0 radical (unpaired) electrons. The van der Waals surface area contributed by atoms with Crippen molar-refractivity contribution in [2.45, 2.75) is 36.2 Å². The van der Waals surface area contributed by atoms with E-state index in [4.69, 9.17) is 0 Å². The van der Waals surface area contributed by atoms with E-state index in [0.717, 1.165) is 18.5 Å². The summed E-state index contributed by atoms with van der Waals surface area (Å²) in [6.45, 7) is 0. The van der Waals surface area contributed by atoms with Crippen LogP contribution in [-0.4, -0.2) is 30.9 Å². The van der Waals surface area contributed by atoms with Crippen LogP contribution in [0.4, 0.5) is 0 Å². The van der Waals surface area contributed by atoms with Crippen molar-refractivity contribution in [2.75, 3.05) is 0 Å². The van der Waals surface area contributed by atoms with Crippen molar-refractivity contribution in [2.24, 2.45) is 5.92 Å². The minimum Gasteiger partial charge on any atom is -0.292 e. The van der Waals surface area contributed by atoms with E-state index in [9.17, 15) is 4.79 Å². The smallest absolute Gasteiger partial charge is 0.186 e. The highest BCUT2D eigenvalue weighted by atomic mass is 32.2. The van der Waals surface area contributed by atoms with E-state index in [1.54, 1.807) is 16.9 Å². The molecule has 19 heavy (non-hydrogen) atoms. The number of imidazole rings is 1. The predicted molar refractivity (Wildman–Crippen MR) is 74.4 cm³/mol. The van der Waals surface area contributed by atoms with E-state index in [0.29, 0.717) is 16.2 Å². The molecule has 0 spiro atoms. The second-order valence-corrected chi connectivity index (χ2v) is 7.03. The molecule has 5 heteroatoms. The van der Waals surface area contributed by atoms with Gasteiger partial charge in [-0.2, -0.15) is 16.9 Å².